The smallest absolute Gasteiger partial charge is 0.230 e. The summed E-state index contributed by atoms with van der Waals surface area (Å²) in [6.07, 6.45) is 1.73. The predicted octanol–water partition coefficient (Wildman–Crippen LogP) is 2.80. The summed E-state index contributed by atoms with van der Waals surface area (Å²) < 4.78 is 20.4. The number of ether oxygens (including phenoxy) is 1. The maximum Gasteiger partial charge on any atom is 0.230 e. The molecule has 25 heavy (non-hydrogen) atoms. The molecule has 134 valence electrons. The maximum absolute atomic E-state index is 12.9. The summed E-state index contributed by atoms with van der Waals surface area (Å²) in [6.45, 7) is 8.24. The zero-order valence-corrected chi connectivity index (χ0v) is 15.1. The number of nitrogens with zero attached hydrogens (tertiary/aromatic N) is 3. The van der Waals surface area contributed by atoms with Crippen LogP contribution < -0.4 is 10.1 Å². The molecule has 0 atom stereocenters. The fourth-order valence-corrected chi connectivity index (χ4v) is 2.80. The summed E-state index contributed by atoms with van der Waals surface area (Å²) in [5.74, 6) is 1.03. The molecule has 0 radical (unpaired) electrons. The number of allylic oxidation sites excluding steroid dienone is 1. The summed E-state index contributed by atoms with van der Waals surface area (Å²) in [5, 5.41) is 11.7. The fourth-order valence-electron chi connectivity index (χ4n) is 2.02. The number of aromatic nitrogens is 3. The molecule has 0 aliphatic carbocycles. The van der Waals surface area contributed by atoms with Crippen molar-refractivity contribution in [2.45, 2.75) is 38.2 Å². The number of hydrogen-bond donors (Lipinski definition) is 1. The van der Waals surface area contributed by atoms with Crippen molar-refractivity contribution < 1.29 is 13.9 Å². The van der Waals surface area contributed by atoms with E-state index in [9.17, 15) is 9.18 Å². The number of carbonyl (C=O) groups is 1. The zero-order valence-electron chi connectivity index (χ0n) is 14.2. The van der Waals surface area contributed by atoms with Gasteiger partial charge in [-0.3, -0.25) is 9.36 Å². The van der Waals surface area contributed by atoms with Crippen molar-refractivity contribution in [3.63, 3.8) is 0 Å². The molecule has 1 aromatic heterocycles. The van der Waals surface area contributed by atoms with Crippen molar-refractivity contribution in [1.29, 1.82) is 0 Å². The summed E-state index contributed by atoms with van der Waals surface area (Å²) >= 11 is 1.31. The third-order valence-corrected chi connectivity index (χ3v) is 4.04. The van der Waals surface area contributed by atoms with E-state index in [2.05, 4.69) is 22.1 Å². The van der Waals surface area contributed by atoms with Gasteiger partial charge in [-0.15, -0.1) is 16.8 Å². The van der Waals surface area contributed by atoms with Gasteiger partial charge >= 0.3 is 0 Å². The second-order valence-corrected chi connectivity index (χ2v) is 6.49. The van der Waals surface area contributed by atoms with Gasteiger partial charge in [0.05, 0.1) is 5.75 Å². The highest BCUT2D eigenvalue weighted by molar-refractivity contribution is 7.99. The van der Waals surface area contributed by atoms with Crippen LogP contribution in [0.2, 0.25) is 0 Å². The molecule has 2 aromatic rings. The Balaban J connectivity index is 2.01. The molecule has 0 saturated carbocycles. The number of rotatable bonds is 9. The SMILES string of the molecule is C=CCn1c(COc2ccc(F)cc2)nnc1SCC(=O)NC(C)C. The average molecular weight is 364 g/mol. The second kappa shape index (κ2) is 9.22. The van der Waals surface area contributed by atoms with Crippen LogP contribution in [0.15, 0.2) is 42.1 Å². The standard InChI is InChI=1S/C17H21FN4O2S/c1-4-9-22-15(10-24-14-7-5-13(18)6-8-14)20-21-17(22)25-11-16(23)19-12(2)3/h4-8,12H,1,9-11H2,2-3H3,(H,19,23). The zero-order chi connectivity index (χ0) is 18.2. The number of amides is 1. The first-order valence-corrected chi connectivity index (χ1v) is 8.81. The highest BCUT2D eigenvalue weighted by Gasteiger charge is 2.14. The lowest BCUT2D eigenvalue weighted by atomic mass is 10.3. The molecular formula is C17H21FN4O2S. The summed E-state index contributed by atoms with van der Waals surface area (Å²) in [4.78, 5) is 11.8. The third-order valence-electron chi connectivity index (χ3n) is 3.07. The van der Waals surface area contributed by atoms with Gasteiger partial charge in [0, 0.05) is 12.6 Å². The molecule has 1 N–H and O–H groups in total. The predicted molar refractivity (Wildman–Crippen MR) is 95.0 cm³/mol. The van der Waals surface area contributed by atoms with Gasteiger partial charge in [0.15, 0.2) is 11.0 Å². The van der Waals surface area contributed by atoms with Crippen LogP contribution >= 0.6 is 11.8 Å². The van der Waals surface area contributed by atoms with Crippen LogP contribution in [-0.2, 0) is 17.9 Å². The molecule has 1 aromatic carbocycles. The van der Waals surface area contributed by atoms with Gasteiger partial charge in [-0.25, -0.2) is 4.39 Å². The molecule has 1 heterocycles. The Kier molecular flexibility index (Phi) is 7.00. The summed E-state index contributed by atoms with van der Waals surface area (Å²) in [5.41, 5.74) is 0. The minimum Gasteiger partial charge on any atom is -0.486 e. The van der Waals surface area contributed by atoms with E-state index in [0.717, 1.165) is 0 Å². The van der Waals surface area contributed by atoms with Crippen LogP contribution in [0.1, 0.15) is 19.7 Å². The van der Waals surface area contributed by atoms with E-state index < -0.39 is 0 Å². The lowest BCUT2D eigenvalue weighted by molar-refractivity contribution is -0.119. The van der Waals surface area contributed by atoms with E-state index in [-0.39, 0.29) is 30.1 Å². The number of benzene rings is 1. The molecule has 2 rings (SSSR count). The molecule has 0 bridgehead atoms. The molecule has 0 unspecified atom stereocenters. The number of nitrogens with one attached hydrogen (secondary N) is 1. The van der Waals surface area contributed by atoms with E-state index in [1.54, 1.807) is 18.2 Å². The van der Waals surface area contributed by atoms with Crippen molar-refractivity contribution in [3.8, 4) is 5.75 Å². The quantitative estimate of drug-likeness (QED) is 0.547. The molecule has 6 nitrogen and oxygen atoms in total. The van der Waals surface area contributed by atoms with Gasteiger partial charge in [0.25, 0.3) is 0 Å². The first-order valence-electron chi connectivity index (χ1n) is 7.83. The molecule has 8 heteroatoms. The molecule has 0 saturated heterocycles. The first kappa shape index (κ1) is 19.0. The van der Waals surface area contributed by atoms with Crippen LogP contribution in [0, 0.1) is 5.82 Å². The first-order chi connectivity index (χ1) is 12.0. The molecule has 1 amide bonds. The van der Waals surface area contributed by atoms with E-state index in [1.165, 1.54) is 23.9 Å². The second-order valence-electron chi connectivity index (χ2n) is 5.55. The average Bonchev–Trinajstić information content (AvgIpc) is 2.94. The Morgan fingerprint density at radius 3 is 2.76 bits per heavy atom. The van der Waals surface area contributed by atoms with Crippen LogP contribution in [0.3, 0.4) is 0 Å². The van der Waals surface area contributed by atoms with E-state index in [1.807, 2.05) is 18.4 Å². The topological polar surface area (TPSA) is 69.0 Å². The number of carbonyl (C=O) groups excluding carboxylic acids is 1. The van der Waals surface area contributed by atoms with Crippen molar-refractivity contribution >= 4 is 17.7 Å². The maximum atomic E-state index is 12.9. The Hall–Kier alpha value is -2.35. The Bertz CT molecular complexity index is 716. The number of thioether (sulfide) groups is 1. The summed E-state index contributed by atoms with van der Waals surface area (Å²) in [7, 11) is 0. The van der Waals surface area contributed by atoms with Crippen molar-refractivity contribution in [2.24, 2.45) is 0 Å². The Morgan fingerprint density at radius 2 is 2.12 bits per heavy atom. The van der Waals surface area contributed by atoms with Gasteiger partial charge in [-0.05, 0) is 38.1 Å². The Morgan fingerprint density at radius 1 is 1.40 bits per heavy atom. The minimum atomic E-state index is -0.319. The number of halogens is 1. The largest absolute Gasteiger partial charge is 0.486 e. The van der Waals surface area contributed by atoms with Gasteiger partial charge in [0.2, 0.25) is 5.91 Å². The van der Waals surface area contributed by atoms with Crippen LogP contribution in [0.25, 0.3) is 0 Å². The highest BCUT2D eigenvalue weighted by Crippen LogP contribution is 2.19. The highest BCUT2D eigenvalue weighted by atomic mass is 32.2. The number of hydrogen-bond acceptors (Lipinski definition) is 5. The van der Waals surface area contributed by atoms with E-state index in [4.69, 9.17) is 4.74 Å². The van der Waals surface area contributed by atoms with Crippen LogP contribution in [-0.4, -0.2) is 32.5 Å². The van der Waals surface area contributed by atoms with Gasteiger partial charge in [-0.1, -0.05) is 17.8 Å². The molecule has 0 spiro atoms. The van der Waals surface area contributed by atoms with Crippen molar-refractivity contribution in [3.05, 3.63) is 48.6 Å². The Labute approximate surface area is 150 Å². The van der Waals surface area contributed by atoms with Gasteiger partial charge in [0.1, 0.15) is 18.2 Å². The lowest BCUT2D eigenvalue weighted by Crippen LogP contribution is -2.31. The van der Waals surface area contributed by atoms with Gasteiger partial charge < -0.3 is 10.1 Å². The van der Waals surface area contributed by atoms with Crippen LogP contribution in [0.4, 0.5) is 4.39 Å². The van der Waals surface area contributed by atoms with E-state index in [0.29, 0.717) is 23.3 Å². The molecule has 0 fully saturated rings. The van der Waals surface area contributed by atoms with E-state index >= 15 is 0 Å². The monoisotopic (exact) mass is 364 g/mol. The van der Waals surface area contributed by atoms with Crippen LogP contribution in [0.5, 0.6) is 5.75 Å². The third kappa shape index (κ3) is 5.90. The van der Waals surface area contributed by atoms with Crippen molar-refractivity contribution in [1.82, 2.24) is 20.1 Å². The van der Waals surface area contributed by atoms with Crippen molar-refractivity contribution in [2.75, 3.05) is 5.75 Å². The molecular weight excluding hydrogens is 343 g/mol. The normalized spacial score (nSPS) is 10.7. The minimum absolute atomic E-state index is 0.0581. The lowest BCUT2D eigenvalue weighted by Gasteiger charge is -2.10. The molecule has 0 aliphatic rings. The fraction of sp³-hybridized carbons (Fsp3) is 0.353. The van der Waals surface area contributed by atoms with Gasteiger partial charge in [-0.2, -0.15) is 0 Å². The summed E-state index contributed by atoms with van der Waals surface area (Å²) in [6, 6.07) is 5.86. The molecule has 0 aliphatic heterocycles.